The predicted molar refractivity (Wildman–Crippen MR) is 100 cm³/mol. The molecule has 0 fully saturated rings. The van der Waals surface area contributed by atoms with Crippen LogP contribution in [0.25, 0.3) is 28.1 Å². The molecule has 8 heteroatoms. The Hall–Kier alpha value is -3.45. The van der Waals surface area contributed by atoms with Gasteiger partial charge >= 0.3 is 5.97 Å². The molecule has 0 saturated heterocycles. The first kappa shape index (κ1) is 17.0. The van der Waals surface area contributed by atoms with E-state index in [0.29, 0.717) is 32.9 Å². The van der Waals surface area contributed by atoms with Crippen molar-refractivity contribution in [1.29, 1.82) is 0 Å². The van der Waals surface area contributed by atoms with E-state index in [1.54, 1.807) is 24.3 Å². The Labute approximate surface area is 157 Å². The van der Waals surface area contributed by atoms with Gasteiger partial charge in [0.25, 0.3) is 5.56 Å². The normalized spacial score (nSPS) is 11.4. The Morgan fingerprint density at radius 1 is 1.19 bits per heavy atom. The molecule has 0 bridgehead atoms. The van der Waals surface area contributed by atoms with Crippen LogP contribution < -0.4 is 5.56 Å². The monoisotopic (exact) mass is 381 g/mol. The first-order chi connectivity index (χ1) is 13.1. The van der Waals surface area contributed by atoms with Crippen molar-refractivity contribution in [3.8, 4) is 0 Å². The second-order valence-electron chi connectivity index (χ2n) is 5.63. The van der Waals surface area contributed by atoms with Gasteiger partial charge in [0.15, 0.2) is 5.58 Å². The Morgan fingerprint density at radius 3 is 2.89 bits per heavy atom. The molecule has 2 aromatic heterocycles. The van der Waals surface area contributed by atoms with Crippen molar-refractivity contribution in [3.05, 3.63) is 75.6 Å². The largest absolute Gasteiger partial charge is 0.454 e. The maximum atomic E-state index is 12.0. The van der Waals surface area contributed by atoms with E-state index in [-0.39, 0.29) is 18.0 Å². The topological polar surface area (TPSA) is 98.1 Å². The highest BCUT2D eigenvalue weighted by Gasteiger charge is 2.07. The van der Waals surface area contributed by atoms with E-state index in [9.17, 15) is 9.59 Å². The first-order valence-corrected chi connectivity index (χ1v) is 8.35. The molecule has 7 nitrogen and oxygen atoms in total. The number of hydrogen-bond donors (Lipinski definition) is 1. The van der Waals surface area contributed by atoms with Crippen LogP contribution in [0.1, 0.15) is 11.7 Å². The van der Waals surface area contributed by atoms with Crippen molar-refractivity contribution in [2.24, 2.45) is 0 Å². The van der Waals surface area contributed by atoms with Crippen molar-refractivity contribution in [2.45, 2.75) is 6.61 Å². The van der Waals surface area contributed by atoms with E-state index in [4.69, 9.17) is 20.8 Å². The number of carbonyl (C=O) groups is 1. The minimum atomic E-state index is -0.619. The molecule has 0 spiro atoms. The molecule has 0 radical (unpaired) electrons. The van der Waals surface area contributed by atoms with Gasteiger partial charge in [-0.2, -0.15) is 0 Å². The maximum absolute atomic E-state index is 12.0. The highest BCUT2D eigenvalue weighted by atomic mass is 35.5. The second-order valence-corrected chi connectivity index (χ2v) is 6.07. The van der Waals surface area contributed by atoms with Crippen molar-refractivity contribution >= 4 is 45.6 Å². The smallest absolute Gasteiger partial charge is 0.331 e. The molecule has 0 aliphatic heterocycles. The molecule has 0 aliphatic carbocycles. The lowest BCUT2D eigenvalue weighted by molar-refractivity contribution is -0.139. The minimum absolute atomic E-state index is 0.186. The molecule has 2 aromatic carbocycles. The van der Waals surface area contributed by atoms with Crippen molar-refractivity contribution in [2.75, 3.05) is 0 Å². The fourth-order valence-electron chi connectivity index (χ4n) is 2.52. The standard InChI is InChI=1S/C19H12ClN3O4/c20-11-5-6-12-14(9-11)21-16(23-19(12)25)10-26-18(24)8-7-17-22-13-3-1-2-4-15(13)27-17/h1-9H,10H2,(H,21,23,25)/b8-7+. The SMILES string of the molecule is O=C(/C=C/c1nc2ccccc2o1)OCc1nc2cc(Cl)ccc2c(=O)[nH]1. The molecule has 27 heavy (non-hydrogen) atoms. The number of nitrogens with one attached hydrogen (secondary N) is 1. The molecule has 0 saturated carbocycles. The molecule has 0 aliphatic rings. The lowest BCUT2D eigenvalue weighted by Crippen LogP contribution is -2.13. The number of H-pyrrole nitrogens is 1. The third-order valence-electron chi connectivity index (χ3n) is 3.74. The Kier molecular flexibility index (Phi) is 4.43. The Morgan fingerprint density at radius 2 is 2.04 bits per heavy atom. The van der Waals surface area contributed by atoms with Crippen LogP contribution in [0.15, 0.2) is 57.8 Å². The van der Waals surface area contributed by atoms with Crippen molar-refractivity contribution < 1.29 is 13.9 Å². The average Bonchev–Trinajstić information content (AvgIpc) is 3.07. The number of oxazole rings is 1. The average molecular weight is 382 g/mol. The summed E-state index contributed by atoms with van der Waals surface area (Å²) >= 11 is 5.92. The number of esters is 1. The number of aromatic nitrogens is 3. The summed E-state index contributed by atoms with van der Waals surface area (Å²) in [6.45, 7) is -0.186. The first-order valence-electron chi connectivity index (χ1n) is 7.97. The van der Waals surface area contributed by atoms with Crippen LogP contribution in [0.3, 0.4) is 0 Å². The molecule has 1 N–H and O–H groups in total. The number of ether oxygens (including phenoxy) is 1. The van der Waals surface area contributed by atoms with Crippen LogP contribution in [0.5, 0.6) is 0 Å². The van der Waals surface area contributed by atoms with E-state index in [1.165, 1.54) is 12.2 Å². The van der Waals surface area contributed by atoms with E-state index in [0.717, 1.165) is 0 Å². The van der Waals surface area contributed by atoms with Gasteiger partial charge in [0.05, 0.1) is 10.9 Å². The van der Waals surface area contributed by atoms with Crippen LogP contribution in [0, 0.1) is 0 Å². The number of para-hydroxylation sites is 2. The number of rotatable bonds is 4. The van der Waals surface area contributed by atoms with Gasteiger partial charge in [0.1, 0.15) is 17.9 Å². The molecular weight excluding hydrogens is 370 g/mol. The zero-order valence-electron chi connectivity index (χ0n) is 13.8. The van der Waals surface area contributed by atoms with Gasteiger partial charge in [0.2, 0.25) is 5.89 Å². The third kappa shape index (κ3) is 3.73. The fourth-order valence-corrected chi connectivity index (χ4v) is 2.68. The van der Waals surface area contributed by atoms with Crippen LogP contribution >= 0.6 is 11.6 Å². The molecule has 0 unspecified atom stereocenters. The summed E-state index contributed by atoms with van der Waals surface area (Å²) < 4.78 is 10.6. The fraction of sp³-hybridized carbons (Fsp3) is 0.0526. The quantitative estimate of drug-likeness (QED) is 0.429. The van der Waals surface area contributed by atoms with E-state index in [2.05, 4.69) is 15.0 Å². The van der Waals surface area contributed by atoms with Gasteiger partial charge in [-0.25, -0.2) is 14.8 Å². The number of hydrogen-bond acceptors (Lipinski definition) is 6. The maximum Gasteiger partial charge on any atom is 0.331 e. The number of carbonyl (C=O) groups excluding carboxylic acids is 1. The second kappa shape index (κ2) is 7.05. The summed E-state index contributed by atoms with van der Waals surface area (Å²) in [5, 5.41) is 0.871. The van der Waals surface area contributed by atoms with Crippen LogP contribution in [-0.4, -0.2) is 20.9 Å². The van der Waals surface area contributed by atoms with Gasteiger partial charge in [-0.1, -0.05) is 23.7 Å². The summed E-state index contributed by atoms with van der Waals surface area (Å²) in [4.78, 5) is 35.0. The van der Waals surface area contributed by atoms with E-state index >= 15 is 0 Å². The molecule has 134 valence electrons. The minimum Gasteiger partial charge on any atom is -0.454 e. The number of nitrogens with zero attached hydrogens (tertiary/aromatic N) is 2. The molecule has 0 amide bonds. The van der Waals surface area contributed by atoms with Crippen LogP contribution in [0.2, 0.25) is 5.02 Å². The van der Waals surface area contributed by atoms with E-state index < -0.39 is 5.97 Å². The summed E-state index contributed by atoms with van der Waals surface area (Å²) in [5.74, 6) is -0.107. The Balaban J connectivity index is 1.45. The number of benzene rings is 2. The third-order valence-corrected chi connectivity index (χ3v) is 3.98. The zero-order chi connectivity index (χ0) is 18.8. The summed E-state index contributed by atoms with van der Waals surface area (Å²) in [6.07, 6.45) is 2.61. The molecular formula is C19H12ClN3O4. The number of aromatic amines is 1. The van der Waals surface area contributed by atoms with Crippen LogP contribution in [-0.2, 0) is 16.1 Å². The predicted octanol–water partition coefficient (Wildman–Crippen LogP) is 3.47. The van der Waals surface area contributed by atoms with Crippen LogP contribution in [0.4, 0.5) is 0 Å². The van der Waals surface area contributed by atoms with Gasteiger partial charge in [-0.15, -0.1) is 0 Å². The molecule has 4 rings (SSSR count). The van der Waals surface area contributed by atoms with E-state index in [1.807, 2.05) is 18.2 Å². The summed E-state index contributed by atoms with van der Waals surface area (Å²) in [6, 6.07) is 12.0. The van der Waals surface area contributed by atoms with Gasteiger partial charge in [-0.05, 0) is 30.3 Å². The van der Waals surface area contributed by atoms with Gasteiger partial charge in [0, 0.05) is 17.2 Å². The molecule has 2 heterocycles. The van der Waals surface area contributed by atoms with Crippen molar-refractivity contribution in [3.63, 3.8) is 0 Å². The Bertz CT molecular complexity index is 1210. The highest BCUT2D eigenvalue weighted by Crippen LogP contribution is 2.16. The summed E-state index contributed by atoms with van der Waals surface area (Å²) in [5.41, 5.74) is 1.42. The van der Waals surface area contributed by atoms with Gasteiger partial charge < -0.3 is 14.1 Å². The lowest BCUT2D eigenvalue weighted by atomic mass is 10.2. The number of halogens is 1. The zero-order valence-corrected chi connectivity index (χ0v) is 14.6. The summed E-state index contributed by atoms with van der Waals surface area (Å²) in [7, 11) is 0. The molecule has 4 aromatic rings. The number of fused-ring (bicyclic) bond motifs is 2. The van der Waals surface area contributed by atoms with Crippen molar-refractivity contribution in [1.82, 2.24) is 15.0 Å². The lowest BCUT2D eigenvalue weighted by Gasteiger charge is -2.03. The van der Waals surface area contributed by atoms with Gasteiger partial charge in [-0.3, -0.25) is 4.79 Å². The molecule has 0 atom stereocenters. The highest BCUT2D eigenvalue weighted by molar-refractivity contribution is 6.31.